The van der Waals surface area contributed by atoms with Gasteiger partial charge in [-0.1, -0.05) is 32.0 Å². The fourth-order valence-corrected chi connectivity index (χ4v) is 1.34. The van der Waals surface area contributed by atoms with Gasteiger partial charge < -0.3 is 5.11 Å². The number of carboxylic acids is 1. The van der Waals surface area contributed by atoms with Crippen LogP contribution in [0.15, 0.2) is 24.3 Å². The summed E-state index contributed by atoms with van der Waals surface area (Å²) in [6.07, 6.45) is 0.963. The zero-order valence-electron chi connectivity index (χ0n) is 7.95. The first kappa shape index (κ1) is 9.78. The van der Waals surface area contributed by atoms with Crippen molar-refractivity contribution in [1.82, 2.24) is 0 Å². The van der Waals surface area contributed by atoms with E-state index in [4.69, 9.17) is 5.11 Å². The SMILES string of the molecule is CC[C@H](C)c1ccccc1C(=O)O. The van der Waals surface area contributed by atoms with Crippen LogP contribution in [0.3, 0.4) is 0 Å². The minimum atomic E-state index is -0.837. The van der Waals surface area contributed by atoms with Crippen LogP contribution in [0.2, 0.25) is 0 Å². The molecule has 1 rings (SSSR count). The summed E-state index contributed by atoms with van der Waals surface area (Å²) in [5.41, 5.74) is 1.36. The van der Waals surface area contributed by atoms with Crippen molar-refractivity contribution in [3.05, 3.63) is 35.4 Å². The quantitative estimate of drug-likeness (QED) is 0.772. The third-order valence-corrected chi connectivity index (χ3v) is 2.33. The van der Waals surface area contributed by atoms with Crippen LogP contribution >= 0.6 is 0 Å². The Labute approximate surface area is 78.2 Å². The van der Waals surface area contributed by atoms with E-state index in [0.717, 1.165) is 12.0 Å². The molecule has 0 spiro atoms. The van der Waals surface area contributed by atoms with Crippen LogP contribution in [0.1, 0.15) is 42.1 Å². The van der Waals surface area contributed by atoms with Gasteiger partial charge in [-0.25, -0.2) is 4.79 Å². The molecule has 1 N–H and O–H groups in total. The van der Waals surface area contributed by atoms with E-state index in [1.165, 1.54) is 0 Å². The minimum absolute atomic E-state index is 0.312. The zero-order chi connectivity index (χ0) is 9.84. The molecule has 0 aliphatic rings. The van der Waals surface area contributed by atoms with Crippen molar-refractivity contribution in [1.29, 1.82) is 0 Å². The highest BCUT2D eigenvalue weighted by molar-refractivity contribution is 5.89. The molecule has 0 fully saturated rings. The lowest BCUT2D eigenvalue weighted by atomic mass is 9.94. The van der Waals surface area contributed by atoms with Gasteiger partial charge in [-0.05, 0) is 24.0 Å². The van der Waals surface area contributed by atoms with Crippen molar-refractivity contribution >= 4 is 5.97 Å². The van der Waals surface area contributed by atoms with Gasteiger partial charge in [0.1, 0.15) is 0 Å². The second-order valence-electron chi connectivity index (χ2n) is 3.20. The number of carboxylic acid groups (broad SMARTS) is 1. The fraction of sp³-hybridized carbons (Fsp3) is 0.364. The first-order valence-corrected chi connectivity index (χ1v) is 4.49. The Bertz CT molecular complexity index is 305. The molecule has 0 unspecified atom stereocenters. The average molecular weight is 178 g/mol. The maximum absolute atomic E-state index is 10.8. The van der Waals surface area contributed by atoms with Gasteiger partial charge in [-0.15, -0.1) is 0 Å². The van der Waals surface area contributed by atoms with E-state index >= 15 is 0 Å². The van der Waals surface area contributed by atoms with Gasteiger partial charge >= 0.3 is 5.97 Å². The molecule has 0 heterocycles. The molecule has 0 saturated carbocycles. The third kappa shape index (κ3) is 2.08. The lowest BCUT2D eigenvalue weighted by molar-refractivity contribution is 0.0695. The maximum Gasteiger partial charge on any atom is 0.335 e. The molecule has 1 atom stereocenters. The molecule has 2 heteroatoms. The molecular weight excluding hydrogens is 164 g/mol. The number of benzene rings is 1. The van der Waals surface area contributed by atoms with E-state index in [9.17, 15) is 4.79 Å². The molecule has 2 nitrogen and oxygen atoms in total. The molecule has 0 radical (unpaired) electrons. The largest absolute Gasteiger partial charge is 0.478 e. The van der Waals surface area contributed by atoms with Crippen LogP contribution in [0.5, 0.6) is 0 Å². The van der Waals surface area contributed by atoms with Crippen LogP contribution in [0.4, 0.5) is 0 Å². The summed E-state index contributed by atoms with van der Waals surface area (Å²) in [6.45, 7) is 4.10. The van der Waals surface area contributed by atoms with E-state index in [1.54, 1.807) is 12.1 Å². The summed E-state index contributed by atoms with van der Waals surface area (Å²) >= 11 is 0. The van der Waals surface area contributed by atoms with Crippen molar-refractivity contribution in [2.75, 3.05) is 0 Å². The van der Waals surface area contributed by atoms with Crippen molar-refractivity contribution in [3.63, 3.8) is 0 Å². The second-order valence-corrected chi connectivity index (χ2v) is 3.20. The first-order valence-electron chi connectivity index (χ1n) is 4.49. The van der Waals surface area contributed by atoms with Crippen molar-refractivity contribution in [2.45, 2.75) is 26.2 Å². The second kappa shape index (κ2) is 4.08. The van der Waals surface area contributed by atoms with Gasteiger partial charge in [-0.2, -0.15) is 0 Å². The third-order valence-electron chi connectivity index (χ3n) is 2.33. The van der Waals surface area contributed by atoms with Gasteiger partial charge in [0.2, 0.25) is 0 Å². The Morgan fingerprint density at radius 2 is 2.08 bits per heavy atom. The Morgan fingerprint density at radius 1 is 1.46 bits per heavy atom. The minimum Gasteiger partial charge on any atom is -0.478 e. The van der Waals surface area contributed by atoms with Gasteiger partial charge in [-0.3, -0.25) is 0 Å². The molecule has 0 aliphatic heterocycles. The smallest absolute Gasteiger partial charge is 0.335 e. The lowest BCUT2D eigenvalue weighted by Gasteiger charge is -2.11. The summed E-state index contributed by atoms with van der Waals surface area (Å²) in [4.78, 5) is 10.8. The number of aromatic carboxylic acids is 1. The number of hydrogen-bond donors (Lipinski definition) is 1. The predicted molar refractivity (Wildman–Crippen MR) is 52.1 cm³/mol. The number of rotatable bonds is 3. The van der Waals surface area contributed by atoms with Crippen LogP contribution in [0, 0.1) is 0 Å². The van der Waals surface area contributed by atoms with Gasteiger partial charge in [0.05, 0.1) is 5.56 Å². The number of carbonyl (C=O) groups is 1. The van der Waals surface area contributed by atoms with Crippen molar-refractivity contribution in [2.24, 2.45) is 0 Å². The van der Waals surface area contributed by atoms with Gasteiger partial charge in [0.15, 0.2) is 0 Å². The average Bonchev–Trinajstić information content (AvgIpc) is 2.16. The fourth-order valence-electron chi connectivity index (χ4n) is 1.34. The normalized spacial score (nSPS) is 12.5. The summed E-state index contributed by atoms with van der Waals surface area (Å²) in [6, 6.07) is 7.19. The zero-order valence-corrected chi connectivity index (χ0v) is 7.95. The molecule has 0 saturated heterocycles. The maximum atomic E-state index is 10.8. The first-order chi connectivity index (χ1) is 6.16. The molecular formula is C11H14O2. The van der Waals surface area contributed by atoms with E-state index < -0.39 is 5.97 Å². The Balaban J connectivity index is 3.11. The van der Waals surface area contributed by atoms with Crippen molar-refractivity contribution in [3.8, 4) is 0 Å². The molecule has 1 aromatic rings. The summed E-state index contributed by atoms with van der Waals surface area (Å²) in [7, 11) is 0. The van der Waals surface area contributed by atoms with E-state index in [1.807, 2.05) is 19.1 Å². The van der Waals surface area contributed by atoms with Gasteiger partial charge in [0.25, 0.3) is 0 Å². The Hall–Kier alpha value is -1.31. The molecule has 70 valence electrons. The molecule has 1 aromatic carbocycles. The van der Waals surface area contributed by atoms with E-state index in [2.05, 4.69) is 6.92 Å². The Kier molecular flexibility index (Phi) is 3.07. The van der Waals surface area contributed by atoms with Gasteiger partial charge in [0, 0.05) is 0 Å². The predicted octanol–water partition coefficient (Wildman–Crippen LogP) is 2.90. The molecule has 0 aromatic heterocycles. The highest BCUT2D eigenvalue weighted by atomic mass is 16.4. The van der Waals surface area contributed by atoms with Crippen LogP contribution in [-0.2, 0) is 0 Å². The monoisotopic (exact) mass is 178 g/mol. The molecule has 0 amide bonds. The highest BCUT2D eigenvalue weighted by Gasteiger charge is 2.12. The van der Waals surface area contributed by atoms with E-state index in [0.29, 0.717) is 11.5 Å². The molecule has 0 aliphatic carbocycles. The Morgan fingerprint density at radius 3 is 2.62 bits per heavy atom. The van der Waals surface area contributed by atoms with Crippen LogP contribution in [0.25, 0.3) is 0 Å². The van der Waals surface area contributed by atoms with Crippen LogP contribution in [-0.4, -0.2) is 11.1 Å². The number of hydrogen-bond acceptors (Lipinski definition) is 1. The standard InChI is InChI=1S/C11H14O2/c1-3-8(2)9-6-4-5-7-10(9)11(12)13/h4-8H,3H2,1-2H3,(H,12,13)/t8-/m0/s1. The molecule has 0 bridgehead atoms. The summed E-state index contributed by atoms with van der Waals surface area (Å²) < 4.78 is 0. The highest BCUT2D eigenvalue weighted by Crippen LogP contribution is 2.22. The summed E-state index contributed by atoms with van der Waals surface area (Å²) in [5, 5.41) is 8.91. The van der Waals surface area contributed by atoms with E-state index in [-0.39, 0.29) is 0 Å². The van der Waals surface area contributed by atoms with Crippen molar-refractivity contribution < 1.29 is 9.90 Å². The van der Waals surface area contributed by atoms with Crippen LogP contribution < -0.4 is 0 Å². The lowest BCUT2D eigenvalue weighted by Crippen LogP contribution is -2.04. The summed E-state index contributed by atoms with van der Waals surface area (Å²) in [5.74, 6) is -0.525. The topological polar surface area (TPSA) is 37.3 Å². The molecule has 13 heavy (non-hydrogen) atoms.